The van der Waals surface area contributed by atoms with Crippen molar-refractivity contribution in [3.8, 4) is 5.75 Å². The summed E-state index contributed by atoms with van der Waals surface area (Å²) in [5, 5.41) is 3.31. The van der Waals surface area contributed by atoms with Gasteiger partial charge in [-0.05, 0) is 107 Å². The standard InChI is InChI=1S/C41H50FN3O2/c1-26(2)34-11-9-12-35(27(3)4)38(34)44-40(46)41(6,7)19-10-22-47-33-18-15-30-24-36(28(5)29-13-16-32(42)17-14-29)37(25-31(30)23-33)39-43-20-21-45(39)8/h9,11-18,20-21,23,25-28,36H,10,19,22,24H2,1-8H3,(H,44,46). The van der Waals surface area contributed by atoms with Crippen LogP contribution in [0.5, 0.6) is 5.75 Å². The van der Waals surface area contributed by atoms with Gasteiger partial charge in [0, 0.05) is 30.5 Å². The Bertz CT molecular complexity index is 1710. The molecule has 0 fully saturated rings. The first-order valence-corrected chi connectivity index (χ1v) is 17.0. The number of carbonyl (C=O) groups is 1. The van der Waals surface area contributed by atoms with E-state index in [-0.39, 0.29) is 23.6 Å². The second-order valence-electron chi connectivity index (χ2n) is 14.4. The molecule has 1 aliphatic rings. The van der Waals surface area contributed by atoms with Gasteiger partial charge in [-0.15, -0.1) is 0 Å². The highest BCUT2D eigenvalue weighted by atomic mass is 19.1. The Morgan fingerprint density at radius 2 is 1.70 bits per heavy atom. The summed E-state index contributed by atoms with van der Waals surface area (Å²) in [6.45, 7) is 15.4. The lowest BCUT2D eigenvalue weighted by molar-refractivity contribution is -0.124. The molecular formula is C41H50FN3O2. The third-order valence-corrected chi connectivity index (χ3v) is 9.79. The molecular weight excluding hydrogens is 585 g/mol. The molecule has 4 aromatic rings. The van der Waals surface area contributed by atoms with E-state index in [0.717, 1.165) is 41.2 Å². The van der Waals surface area contributed by atoms with E-state index in [9.17, 15) is 9.18 Å². The number of amides is 1. The third-order valence-electron chi connectivity index (χ3n) is 9.79. The van der Waals surface area contributed by atoms with Gasteiger partial charge in [0.1, 0.15) is 17.4 Å². The van der Waals surface area contributed by atoms with Crippen molar-refractivity contribution in [2.45, 2.75) is 85.5 Å². The molecule has 0 saturated heterocycles. The normalized spacial score (nSPS) is 15.4. The first kappa shape index (κ1) is 34.2. The van der Waals surface area contributed by atoms with Crippen molar-refractivity contribution in [2.24, 2.45) is 18.4 Å². The molecule has 1 heterocycles. The molecule has 1 N–H and O–H groups in total. The van der Waals surface area contributed by atoms with Gasteiger partial charge >= 0.3 is 0 Å². The van der Waals surface area contributed by atoms with Crippen molar-refractivity contribution >= 4 is 23.2 Å². The number of benzene rings is 3. The van der Waals surface area contributed by atoms with Gasteiger partial charge < -0.3 is 14.6 Å². The second kappa shape index (κ2) is 14.3. The van der Waals surface area contributed by atoms with Gasteiger partial charge in [-0.3, -0.25) is 4.79 Å². The number of carbonyl (C=O) groups excluding carboxylic acids is 1. The number of allylic oxidation sites excluding steroid dienone is 1. The van der Waals surface area contributed by atoms with Crippen molar-refractivity contribution in [3.63, 3.8) is 0 Å². The molecule has 47 heavy (non-hydrogen) atoms. The average molecular weight is 636 g/mol. The summed E-state index contributed by atoms with van der Waals surface area (Å²) in [5.41, 5.74) is 7.44. The van der Waals surface area contributed by atoms with Crippen molar-refractivity contribution < 1.29 is 13.9 Å². The first-order valence-electron chi connectivity index (χ1n) is 17.0. The van der Waals surface area contributed by atoms with Gasteiger partial charge in [0.2, 0.25) is 5.91 Å². The lowest BCUT2D eigenvalue weighted by atomic mass is 9.74. The van der Waals surface area contributed by atoms with E-state index in [2.05, 4.69) is 80.9 Å². The molecule has 5 rings (SSSR count). The van der Waals surface area contributed by atoms with Crippen LogP contribution in [0.1, 0.15) is 113 Å². The molecule has 248 valence electrons. The quantitative estimate of drug-likeness (QED) is 0.158. The Balaban J connectivity index is 1.26. The van der Waals surface area contributed by atoms with Gasteiger partial charge in [-0.2, -0.15) is 0 Å². The summed E-state index contributed by atoms with van der Waals surface area (Å²) in [5.74, 6) is 2.58. The van der Waals surface area contributed by atoms with E-state index in [1.807, 2.05) is 51.5 Å². The summed E-state index contributed by atoms with van der Waals surface area (Å²) in [4.78, 5) is 18.3. The summed E-state index contributed by atoms with van der Waals surface area (Å²) in [6, 6.07) is 19.5. The Hall–Kier alpha value is -4.19. The van der Waals surface area contributed by atoms with Crippen LogP contribution in [-0.4, -0.2) is 22.1 Å². The van der Waals surface area contributed by atoms with E-state index in [1.165, 1.54) is 22.3 Å². The number of hydrogen-bond acceptors (Lipinski definition) is 3. The molecule has 2 unspecified atom stereocenters. The molecule has 3 aromatic carbocycles. The number of anilines is 1. The number of aromatic nitrogens is 2. The van der Waals surface area contributed by atoms with E-state index < -0.39 is 5.41 Å². The fourth-order valence-corrected chi connectivity index (χ4v) is 6.72. The summed E-state index contributed by atoms with van der Waals surface area (Å²) in [7, 11) is 2.02. The molecule has 1 aromatic heterocycles. The molecule has 1 aliphatic carbocycles. The van der Waals surface area contributed by atoms with Gasteiger partial charge in [0.15, 0.2) is 0 Å². The average Bonchev–Trinajstić information content (AvgIpc) is 3.47. The molecule has 0 radical (unpaired) electrons. The van der Waals surface area contributed by atoms with E-state index in [0.29, 0.717) is 24.9 Å². The van der Waals surface area contributed by atoms with Crippen LogP contribution in [0.3, 0.4) is 0 Å². The van der Waals surface area contributed by atoms with Crippen molar-refractivity contribution in [1.82, 2.24) is 9.55 Å². The van der Waals surface area contributed by atoms with Gasteiger partial charge in [-0.1, -0.05) is 84.9 Å². The molecule has 2 atom stereocenters. The first-order chi connectivity index (χ1) is 22.4. The predicted molar refractivity (Wildman–Crippen MR) is 191 cm³/mol. The molecule has 1 amide bonds. The molecule has 5 nitrogen and oxygen atoms in total. The molecule has 0 bridgehead atoms. The minimum absolute atomic E-state index is 0.0395. The summed E-state index contributed by atoms with van der Waals surface area (Å²) < 4.78 is 22.0. The number of para-hydroxylation sites is 1. The fraction of sp³-hybridized carbons (Fsp3) is 0.415. The number of halogens is 1. The second-order valence-corrected chi connectivity index (χ2v) is 14.4. The van der Waals surface area contributed by atoms with E-state index >= 15 is 0 Å². The zero-order valence-electron chi connectivity index (χ0n) is 29.2. The lowest BCUT2D eigenvalue weighted by Crippen LogP contribution is -2.32. The Morgan fingerprint density at radius 1 is 1.02 bits per heavy atom. The smallest absolute Gasteiger partial charge is 0.230 e. The topological polar surface area (TPSA) is 56.1 Å². The highest BCUT2D eigenvalue weighted by molar-refractivity contribution is 5.96. The van der Waals surface area contributed by atoms with Crippen LogP contribution in [-0.2, 0) is 18.3 Å². The summed E-state index contributed by atoms with van der Waals surface area (Å²) in [6.07, 6.45) is 8.36. The minimum Gasteiger partial charge on any atom is -0.494 e. The Kier molecular flexibility index (Phi) is 10.4. The molecule has 0 spiro atoms. The Morgan fingerprint density at radius 3 is 2.32 bits per heavy atom. The van der Waals surface area contributed by atoms with Crippen LogP contribution in [0.25, 0.3) is 11.6 Å². The van der Waals surface area contributed by atoms with Crippen molar-refractivity contribution in [2.75, 3.05) is 11.9 Å². The predicted octanol–water partition coefficient (Wildman–Crippen LogP) is 10.1. The maximum Gasteiger partial charge on any atom is 0.230 e. The highest BCUT2D eigenvalue weighted by Gasteiger charge is 2.31. The lowest BCUT2D eigenvalue weighted by Gasteiger charge is -2.31. The number of fused-ring (bicyclic) bond motifs is 1. The maximum atomic E-state index is 13.7. The van der Waals surface area contributed by atoms with Gasteiger partial charge in [0.25, 0.3) is 0 Å². The number of nitrogens with one attached hydrogen (secondary N) is 1. The van der Waals surface area contributed by atoms with Crippen LogP contribution in [0.2, 0.25) is 0 Å². The third kappa shape index (κ3) is 7.69. The fourth-order valence-electron chi connectivity index (χ4n) is 6.72. The van der Waals surface area contributed by atoms with Crippen molar-refractivity contribution in [3.05, 3.63) is 113 Å². The Labute approximate surface area is 280 Å². The largest absolute Gasteiger partial charge is 0.494 e. The van der Waals surface area contributed by atoms with E-state index in [1.54, 1.807) is 12.1 Å². The van der Waals surface area contributed by atoms with Crippen LogP contribution >= 0.6 is 0 Å². The van der Waals surface area contributed by atoms with Crippen LogP contribution in [0.4, 0.5) is 10.1 Å². The monoisotopic (exact) mass is 635 g/mol. The van der Waals surface area contributed by atoms with Crippen LogP contribution in [0, 0.1) is 17.2 Å². The van der Waals surface area contributed by atoms with Crippen LogP contribution in [0.15, 0.2) is 73.1 Å². The minimum atomic E-state index is -0.548. The van der Waals surface area contributed by atoms with Crippen molar-refractivity contribution in [1.29, 1.82) is 0 Å². The molecule has 0 saturated carbocycles. The number of hydrogen-bond donors (Lipinski definition) is 1. The summed E-state index contributed by atoms with van der Waals surface area (Å²) >= 11 is 0. The SMILES string of the molecule is CC(C)c1cccc(C(C)C)c1NC(=O)C(C)(C)CCCOc1ccc2c(c1)C=C(c1nccn1C)C(C(C)c1ccc(F)cc1)C2. The zero-order valence-corrected chi connectivity index (χ0v) is 29.2. The molecule has 0 aliphatic heterocycles. The highest BCUT2D eigenvalue weighted by Crippen LogP contribution is 2.43. The molecule has 6 heteroatoms. The maximum absolute atomic E-state index is 13.7. The number of ether oxygens (including phenoxy) is 1. The van der Waals surface area contributed by atoms with Gasteiger partial charge in [0.05, 0.1) is 6.61 Å². The van der Waals surface area contributed by atoms with Crippen LogP contribution < -0.4 is 10.1 Å². The van der Waals surface area contributed by atoms with E-state index in [4.69, 9.17) is 9.72 Å². The number of nitrogens with zero attached hydrogens (tertiary/aromatic N) is 2. The van der Waals surface area contributed by atoms with Gasteiger partial charge in [-0.25, -0.2) is 9.37 Å². The number of imidazole rings is 1. The number of aryl methyl sites for hydroxylation is 1. The number of rotatable bonds is 12. The zero-order chi connectivity index (χ0) is 33.9.